The number of benzene rings is 2. The predicted octanol–water partition coefficient (Wildman–Crippen LogP) is 5.52. The third-order valence-corrected chi connectivity index (χ3v) is 7.03. The first kappa shape index (κ1) is 24.2. The number of alkyl halides is 3. The van der Waals surface area contributed by atoms with Crippen molar-refractivity contribution in [3.8, 4) is 0 Å². The van der Waals surface area contributed by atoms with Crippen LogP contribution in [0.2, 0.25) is 0 Å². The van der Waals surface area contributed by atoms with Gasteiger partial charge in [0, 0.05) is 24.7 Å². The number of nitrogens with zero attached hydrogens (tertiary/aromatic N) is 3. The summed E-state index contributed by atoms with van der Waals surface area (Å²) in [7, 11) is 2.12. The minimum atomic E-state index is -4.68. The molecule has 1 N–H and O–H groups in total. The first-order valence-corrected chi connectivity index (χ1v) is 11.7. The highest BCUT2D eigenvalue weighted by Crippen LogP contribution is 2.54. The molecule has 0 unspecified atom stereocenters. The molecule has 36 heavy (non-hydrogen) atoms. The molecule has 2 heterocycles. The minimum absolute atomic E-state index is 0.167. The van der Waals surface area contributed by atoms with E-state index in [0.717, 1.165) is 54.4 Å². The van der Waals surface area contributed by atoms with E-state index in [2.05, 4.69) is 22.4 Å². The van der Waals surface area contributed by atoms with E-state index in [1.54, 1.807) is 19.1 Å². The highest BCUT2D eigenvalue weighted by Gasteiger charge is 2.49. The van der Waals surface area contributed by atoms with Crippen molar-refractivity contribution >= 4 is 11.5 Å². The highest BCUT2D eigenvalue weighted by molar-refractivity contribution is 5.94. The lowest BCUT2D eigenvalue weighted by Crippen LogP contribution is -2.58. The number of hydrogen-bond acceptors (Lipinski definition) is 3. The molecule has 2 aliphatic rings. The molecule has 2 fully saturated rings. The van der Waals surface area contributed by atoms with Crippen molar-refractivity contribution in [1.82, 2.24) is 20.0 Å². The molecule has 2 aromatic carbocycles. The van der Waals surface area contributed by atoms with E-state index in [4.69, 9.17) is 0 Å². The molecule has 9 heteroatoms. The molecule has 5 rings (SSSR count). The summed E-state index contributed by atoms with van der Waals surface area (Å²) in [6.07, 6.45) is -1.08. The standard InChI is InChI=1S/C27H26F4N4O/c1-17(33-25(36)22-13-32-35(14-22)27(29,30)31)18-3-5-19(6-4-18)24(20-7-9-23(28)10-8-20)21-11-26(12-21)15-34(2)16-26/h3-10,13-14,17H,11-12,15-16H2,1-2H3,(H,33,36)/t17-/m1/s1. The van der Waals surface area contributed by atoms with Crippen LogP contribution < -0.4 is 5.32 Å². The Morgan fingerprint density at radius 2 is 1.58 bits per heavy atom. The van der Waals surface area contributed by atoms with Crippen molar-refractivity contribution in [3.05, 3.63) is 94.6 Å². The Bertz CT molecular complexity index is 1290. The molecule has 1 amide bonds. The Morgan fingerprint density at radius 1 is 1.00 bits per heavy atom. The summed E-state index contributed by atoms with van der Waals surface area (Å²) >= 11 is 0. The lowest BCUT2D eigenvalue weighted by atomic mass is 9.59. The molecule has 1 aromatic heterocycles. The fraction of sp³-hybridized carbons (Fsp3) is 0.333. The van der Waals surface area contributed by atoms with E-state index in [0.29, 0.717) is 11.6 Å². The Morgan fingerprint density at radius 3 is 2.11 bits per heavy atom. The van der Waals surface area contributed by atoms with Crippen molar-refractivity contribution in [2.24, 2.45) is 5.41 Å². The number of hydrogen-bond donors (Lipinski definition) is 1. The van der Waals surface area contributed by atoms with E-state index in [1.807, 2.05) is 24.3 Å². The second-order valence-electron chi connectivity index (χ2n) is 9.97. The van der Waals surface area contributed by atoms with E-state index in [9.17, 15) is 22.4 Å². The van der Waals surface area contributed by atoms with Crippen LogP contribution in [0, 0.1) is 11.2 Å². The Labute approximate surface area is 206 Å². The van der Waals surface area contributed by atoms with Crippen LogP contribution in [0.3, 0.4) is 0 Å². The van der Waals surface area contributed by atoms with Crippen LogP contribution in [-0.2, 0) is 6.30 Å². The van der Waals surface area contributed by atoms with Gasteiger partial charge < -0.3 is 10.2 Å². The Kier molecular flexibility index (Phi) is 5.98. The quantitative estimate of drug-likeness (QED) is 0.472. The summed E-state index contributed by atoms with van der Waals surface area (Å²) in [5.74, 6) is -0.920. The van der Waals surface area contributed by atoms with Crippen molar-refractivity contribution in [1.29, 1.82) is 0 Å². The van der Waals surface area contributed by atoms with Crippen LogP contribution in [0.15, 0.2) is 66.5 Å². The molecule has 1 saturated heterocycles. The van der Waals surface area contributed by atoms with E-state index in [-0.39, 0.29) is 16.1 Å². The first-order chi connectivity index (χ1) is 17.0. The molecule has 1 saturated carbocycles. The lowest BCUT2D eigenvalue weighted by molar-refractivity contribution is -0.212. The van der Waals surface area contributed by atoms with Gasteiger partial charge in [-0.2, -0.15) is 9.78 Å². The zero-order chi connectivity index (χ0) is 25.7. The number of amides is 1. The second kappa shape index (κ2) is 8.89. The maximum Gasteiger partial charge on any atom is 0.504 e. The average Bonchev–Trinajstić information content (AvgIpc) is 3.29. The number of rotatable bonds is 5. The third-order valence-electron chi connectivity index (χ3n) is 7.03. The van der Waals surface area contributed by atoms with Crippen LogP contribution in [0.4, 0.5) is 17.6 Å². The van der Waals surface area contributed by atoms with Gasteiger partial charge in [0.05, 0.1) is 17.8 Å². The van der Waals surface area contributed by atoms with Gasteiger partial charge in [-0.1, -0.05) is 42.0 Å². The fourth-order valence-corrected chi connectivity index (χ4v) is 5.42. The summed E-state index contributed by atoms with van der Waals surface area (Å²) in [5, 5.41) is 5.93. The molecule has 1 spiro atoms. The van der Waals surface area contributed by atoms with Crippen LogP contribution in [-0.4, -0.2) is 40.7 Å². The molecular weight excluding hydrogens is 472 g/mol. The Balaban J connectivity index is 1.34. The number of halogens is 4. The molecular formula is C27H26F4N4O. The zero-order valence-corrected chi connectivity index (χ0v) is 19.9. The van der Waals surface area contributed by atoms with Crippen LogP contribution >= 0.6 is 0 Å². The summed E-state index contributed by atoms with van der Waals surface area (Å²) in [6, 6.07) is 13.8. The highest BCUT2D eigenvalue weighted by atomic mass is 19.4. The van der Waals surface area contributed by atoms with Crippen molar-refractivity contribution in [3.63, 3.8) is 0 Å². The normalized spacial score (nSPS) is 17.9. The zero-order valence-electron chi connectivity index (χ0n) is 19.9. The maximum atomic E-state index is 13.6. The fourth-order valence-electron chi connectivity index (χ4n) is 5.42. The SMILES string of the molecule is C[C@@H](NC(=O)c1cnn(C(F)(F)F)c1)c1ccc(C(=C2CC3(C2)CN(C)C3)c2ccc(F)cc2)cc1. The van der Waals surface area contributed by atoms with Gasteiger partial charge in [-0.15, -0.1) is 13.2 Å². The van der Waals surface area contributed by atoms with Crippen molar-refractivity contribution in [2.45, 2.75) is 32.1 Å². The van der Waals surface area contributed by atoms with Gasteiger partial charge >= 0.3 is 6.30 Å². The number of carbonyl (C=O) groups excluding carboxylic acids is 1. The van der Waals surface area contributed by atoms with Gasteiger partial charge in [0.25, 0.3) is 5.91 Å². The molecule has 5 nitrogen and oxygen atoms in total. The monoisotopic (exact) mass is 498 g/mol. The first-order valence-electron chi connectivity index (χ1n) is 11.7. The maximum absolute atomic E-state index is 13.6. The van der Waals surface area contributed by atoms with Crippen molar-refractivity contribution < 1.29 is 22.4 Å². The second-order valence-corrected chi connectivity index (χ2v) is 9.97. The van der Waals surface area contributed by atoms with Crippen molar-refractivity contribution in [2.75, 3.05) is 20.1 Å². The van der Waals surface area contributed by atoms with Crippen LogP contribution in [0.25, 0.3) is 5.57 Å². The predicted molar refractivity (Wildman–Crippen MR) is 127 cm³/mol. The van der Waals surface area contributed by atoms with Gasteiger partial charge in [-0.3, -0.25) is 4.79 Å². The average molecular weight is 499 g/mol. The summed E-state index contributed by atoms with van der Waals surface area (Å²) in [4.78, 5) is 14.7. The summed E-state index contributed by atoms with van der Waals surface area (Å²) in [5.41, 5.74) is 5.43. The van der Waals surface area contributed by atoms with Gasteiger partial charge in [0.2, 0.25) is 0 Å². The van der Waals surface area contributed by atoms with Gasteiger partial charge in [-0.05, 0) is 61.2 Å². The molecule has 188 valence electrons. The molecule has 1 atom stereocenters. The topological polar surface area (TPSA) is 50.2 Å². The van der Waals surface area contributed by atoms with Crippen LogP contribution in [0.1, 0.15) is 52.9 Å². The number of carbonyl (C=O) groups is 1. The minimum Gasteiger partial charge on any atom is -0.345 e. The summed E-state index contributed by atoms with van der Waals surface area (Å²) < 4.78 is 51.6. The molecule has 1 aliphatic heterocycles. The molecule has 3 aromatic rings. The third kappa shape index (κ3) is 4.67. The lowest BCUT2D eigenvalue weighted by Gasteiger charge is -2.56. The van der Waals surface area contributed by atoms with Crippen LogP contribution in [0.5, 0.6) is 0 Å². The van der Waals surface area contributed by atoms with Gasteiger partial charge in [0.1, 0.15) is 5.82 Å². The largest absolute Gasteiger partial charge is 0.504 e. The molecule has 0 radical (unpaired) electrons. The number of aromatic nitrogens is 2. The smallest absolute Gasteiger partial charge is 0.345 e. The number of nitrogens with one attached hydrogen (secondary N) is 1. The number of allylic oxidation sites excluding steroid dienone is 1. The number of likely N-dealkylation sites (tertiary alicyclic amines) is 1. The van der Waals surface area contributed by atoms with Gasteiger partial charge in [0.15, 0.2) is 0 Å². The van der Waals surface area contributed by atoms with E-state index < -0.39 is 18.2 Å². The molecule has 0 bridgehead atoms. The van der Waals surface area contributed by atoms with E-state index >= 15 is 0 Å². The molecule has 1 aliphatic carbocycles. The summed E-state index contributed by atoms with van der Waals surface area (Å²) in [6.45, 7) is 3.94. The van der Waals surface area contributed by atoms with Gasteiger partial charge in [-0.25, -0.2) is 4.39 Å². The van der Waals surface area contributed by atoms with E-state index in [1.165, 1.54) is 17.7 Å². The Hall–Kier alpha value is -3.46.